The van der Waals surface area contributed by atoms with Gasteiger partial charge in [0.25, 0.3) is 0 Å². The molecule has 0 atom stereocenters. The van der Waals surface area contributed by atoms with Crippen LogP contribution in [0.25, 0.3) is 0 Å². The summed E-state index contributed by atoms with van der Waals surface area (Å²) in [4.78, 5) is 11.8. The van der Waals surface area contributed by atoms with Crippen molar-refractivity contribution in [3.8, 4) is 18.1 Å². The molecule has 0 saturated carbocycles. The van der Waals surface area contributed by atoms with E-state index in [1.54, 1.807) is 24.3 Å². The number of hydrogen-bond donors (Lipinski definition) is 0. The van der Waals surface area contributed by atoms with E-state index in [9.17, 15) is 4.79 Å². The van der Waals surface area contributed by atoms with Crippen LogP contribution in [0, 0.1) is 12.3 Å². The van der Waals surface area contributed by atoms with Crippen LogP contribution in [0.5, 0.6) is 5.75 Å². The molecule has 0 aromatic heterocycles. The quantitative estimate of drug-likeness (QED) is 0.430. The van der Waals surface area contributed by atoms with Crippen LogP contribution in [0.15, 0.2) is 34.8 Å². The van der Waals surface area contributed by atoms with Crippen molar-refractivity contribution in [2.24, 2.45) is 0 Å². The topological polar surface area (TPSA) is 35.5 Å². The van der Waals surface area contributed by atoms with Crippen LogP contribution in [0.4, 0.5) is 0 Å². The molecule has 0 heterocycles. The summed E-state index contributed by atoms with van der Waals surface area (Å²) in [5.41, 5.74) is 1.09. The molecule has 2 rings (SSSR count). The van der Waals surface area contributed by atoms with Gasteiger partial charge in [-0.15, -0.1) is 6.42 Å². The Bertz CT molecular complexity index is 792. The number of terminal acetylenes is 1. The first-order chi connectivity index (χ1) is 11.4. The summed E-state index contributed by atoms with van der Waals surface area (Å²) in [6.07, 6.45) is 5.05. The maximum absolute atomic E-state index is 11.8. The molecule has 2 aromatic carbocycles. The maximum atomic E-state index is 11.8. The third-order valence-electron chi connectivity index (χ3n) is 2.89. The Kier molecular flexibility index (Phi) is 6.82. The summed E-state index contributed by atoms with van der Waals surface area (Å²) in [7, 11) is 0. The number of carbonyl (C=O) groups is 1. The molecule has 3 nitrogen and oxygen atoms in total. The smallest absolute Gasteiger partial charge is 0.339 e. The number of hydrogen-bond acceptors (Lipinski definition) is 3. The van der Waals surface area contributed by atoms with Crippen molar-refractivity contribution in [3.05, 3.63) is 61.0 Å². The molecule has 7 heteroatoms. The van der Waals surface area contributed by atoms with Gasteiger partial charge in [-0.3, -0.25) is 0 Å². The molecule has 24 heavy (non-hydrogen) atoms. The van der Waals surface area contributed by atoms with Crippen LogP contribution < -0.4 is 4.74 Å². The largest absolute Gasteiger partial charge is 0.486 e. The summed E-state index contributed by atoms with van der Waals surface area (Å²) >= 11 is 21.4. The SMILES string of the molecule is C#CCOC(=O)c1cc(Cl)c(OCc2ccc(Cl)c(Cl)c2)c(Br)c1. The van der Waals surface area contributed by atoms with Crippen molar-refractivity contribution in [3.63, 3.8) is 0 Å². The first kappa shape index (κ1) is 19.0. The molecule has 0 N–H and O–H groups in total. The van der Waals surface area contributed by atoms with E-state index in [2.05, 4.69) is 21.9 Å². The fourth-order valence-electron chi connectivity index (χ4n) is 1.79. The van der Waals surface area contributed by atoms with E-state index in [-0.39, 0.29) is 23.8 Å². The van der Waals surface area contributed by atoms with Gasteiger partial charge in [0.1, 0.15) is 6.61 Å². The number of esters is 1. The molecule has 0 spiro atoms. The van der Waals surface area contributed by atoms with Gasteiger partial charge in [0, 0.05) is 0 Å². The lowest BCUT2D eigenvalue weighted by molar-refractivity contribution is 0.0556. The van der Waals surface area contributed by atoms with Gasteiger partial charge >= 0.3 is 5.97 Å². The molecule has 0 saturated heterocycles. The zero-order chi connectivity index (χ0) is 17.7. The highest BCUT2D eigenvalue weighted by Crippen LogP contribution is 2.35. The van der Waals surface area contributed by atoms with Crippen LogP contribution in [-0.2, 0) is 11.3 Å². The summed E-state index contributed by atoms with van der Waals surface area (Å²) in [5.74, 6) is 2.06. The average Bonchev–Trinajstić information content (AvgIpc) is 2.54. The Balaban J connectivity index is 2.15. The van der Waals surface area contributed by atoms with E-state index in [4.69, 9.17) is 50.7 Å². The molecule has 0 unspecified atom stereocenters. The molecular formula is C17H10BrCl3O3. The van der Waals surface area contributed by atoms with Gasteiger partial charge < -0.3 is 9.47 Å². The molecule has 0 aliphatic carbocycles. The van der Waals surface area contributed by atoms with Gasteiger partial charge in [0.15, 0.2) is 12.4 Å². The first-order valence-corrected chi connectivity index (χ1v) is 8.51. The predicted octanol–water partition coefficient (Wildman–Crippen LogP) is 5.78. The number of halogens is 4. The minimum Gasteiger partial charge on any atom is -0.486 e. The standard InChI is InChI=1S/C17H10BrCl3O3/c1-2-5-23-17(22)11-7-12(18)16(15(21)8-11)24-9-10-3-4-13(19)14(20)6-10/h1,3-4,6-8H,5,9H2. The Labute approximate surface area is 162 Å². The summed E-state index contributed by atoms with van der Waals surface area (Å²) < 4.78 is 11.1. The molecule has 0 amide bonds. The van der Waals surface area contributed by atoms with E-state index >= 15 is 0 Å². The minimum atomic E-state index is -0.563. The fraction of sp³-hybridized carbons (Fsp3) is 0.118. The predicted molar refractivity (Wildman–Crippen MR) is 99.1 cm³/mol. The van der Waals surface area contributed by atoms with Crippen LogP contribution in [0.2, 0.25) is 15.1 Å². The lowest BCUT2D eigenvalue weighted by Crippen LogP contribution is -2.06. The molecule has 124 valence electrons. The monoisotopic (exact) mass is 446 g/mol. The molecule has 2 aromatic rings. The summed E-state index contributed by atoms with van der Waals surface area (Å²) in [6, 6.07) is 8.19. The van der Waals surface area contributed by atoms with Crippen molar-refractivity contribution in [1.82, 2.24) is 0 Å². The number of carbonyl (C=O) groups excluding carboxylic acids is 1. The van der Waals surface area contributed by atoms with Crippen molar-refractivity contribution in [2.75, 3.05) is 6.61 Å². The Hall–Kier alpha value is -1.38. The molecule has 0 radical (unpaired) electrons. The highest BCUT2D eigenvalue weighted by atomic mass is 79.9. The van der Waals surface area contributed by atoms with Crippen LogP contribution in [0.3, 0.4) is 0 Å². The van der Waals surface area contributed by atoms with E-state index < -0.39 is 5.97 Å². The molecular weight excluding hydrogens is 438 g/mol. The zero-order valence-corrected chi connectivity index (χ0v) is 16.0. The molecule has 0 fully saturated rings. The van der Waals surface area contributed by atoms with Crippen LogP contribution >= 0.6 is 50.7 Å². The zero-order valence-electron chi connectivity index (χ0n) is 12.1. The molecule has 0 aliphatic rings. The van der Waals surface area contributed by atoms with E-state index in [0.29, 0.717) is 20.3 Å². The fourth-order valence-corrected chi connectivity index (χ4v) is 3.07. The molecule has 0 bridgehead atoms. The summed E-state index contributed by atoms with van der Waals surface area (Å²) in [6.45, 7) is 0.125. The second kappa shape index (κ2) is 8.64. The second-order valence-corrected chi connectivity index (χ2v) is 6.66. The normalized spacial score (nSPS) is 10.1. The van der Waals surface area contributed by atoms with Gasteiger partial charge in [-0.25, -0.2) is 4.79 Å². The van der Waals surface area contributed by atoms with Crippen molar-refractivity contribution >= 4 is 56.7 Å². The lowest BCUT2D eigenvalue weighted by atomic mass is 10.2. The van der Waals surface area contributed by atoms with Crippen LogP contribution in [0.1, 0.15) is 15.9 Å². The van der Waals surface area contributed by atoms with Gasteiger partial charge in [-0.05, 0) is 45.8 Å². The van der Waals surface area contributed by atoms with E-state index in [1.807, 2.05) is 0 Å². The maximum Gasteiger partial charge on any atom is 0.339 e. The highest BCUT2D eigenvalue weighted by molar-refractivity contribution is 9.10. The lowest BCUT2D eigenvalue weighted by Gasteiger charge is -2.12. The number of rotatable bonds is 5. The van der Waals surface area contributed by atoms with Crippen molar-refractivity contribution in [1.29, 1.82) is 0 Å². The Morgan fingerprint density at radius 2 is 1.88 bits per heavy atom. The minimum absolute atomic E-state index is 0.107. The van der Waals surface area contributed by atoms with Gasteiger partial charge in [-0.1, -0.05) is 46.8 Å². The average molecular weight is 449 g/mol. The Morgan fingerprint density at radius 3 is 2.50 bits per heavy atom. The summed E-state index contributed by atoms with van der Waals surface area (Å²) in [5, 5.41) is 1.17. The van der Waals surface area contributed by atoms with E-state index in [0.717, 1.165) is 5.56 Å². The van der Waals surface area contributed by atoms with Gasteiger partial charge in [-0.2, -0.15) is 0 Å². The third-order valence-corrected chi connectivity index (χ3v) is 4.50. The number of benzene rings is 2. The van der Waals surface area contributed by atoms with Crippen LogP contribution in [-0.4, -0.2) is 12.6 Å². The first-order valence-electron chi connectivity index (χ1n) is 6.58. The Morgan fingerprint density at radius 1 is 1.12 bits per heavy atom. The van der Waals surface area contributed by atoms with E-state index in [1.165, 1.54) is 6.07 Å². The highest BCUT2D eigenvalue weighted by Gasteiger charge is 2.15. The van der Waals surface area contributed by atoms with Gasteiger partial charge in [0.2, 0.25) is 0 Å². The van der Waals surface area contributed by atoms with Gasteiger partial charge in [0.05, 0.1) is 25.1 Å². The number of ether oxygens (including phenoxy) is 2. The molecule has 0 aliphatic heterocycles. The van der Waals surface area contributed by atoms with Crippen molar-refractivity contribution in [2.45, 2.75) is 6.61 Å². The second-order valence-electron chi connectivity index (χ2n) is 4.59. The third kappa shape index (κ3) is 4.81. The van der Waals surface area contributed by atoms with Crippen molar-refractivity contribution < 1.29 is 14.3 Å².